The van der Waals surface area contributed by atoms with Gasteiger partial charge in [0.05, 0.1) is 11.3 Å². The van der Waals surface area contributed by atoms with Gasteiger partial charge in [0.15, 0.2) is 0 Å². The first kappa shape index (κ1) is 17.3. The highest BCUT2D eigenvalue weighted by atomic mass is 32.2. The molecule has 23 heavy (non-hydrogen) atoms. The Balaban J connectivity index is 1.82. The molecule has 0 fully saturated rings. The molecule has 0 saturated carbocycles. The summed E-state index contributed by atoms with van der Waals surface area (Å²) in [5, 5.41) is 2.50. The highest BCUT2D eigenvalue weighted by molar-refractivity contribution is 7.99. The number of hydrogen-bond acceptors (Lipinski definition) is 2. The zero-order chi connectivity index (χ0) is 16.9. The van der Waals surface area contributed by atoms with Gasteiger partial charge in [-0.05, 0) is 35.9 Å². The molecule has 2 aromatic carbocycles. The van der Waals surface area contributed by atoms with Crippen LogP contribution in [0.15, 0.2) is 48.5 Å². The molecule has 0 aromatic heterocycles. The van der Waals surface area contributed by atoms with E-state index in [1.54, 1.807) is 18.2 Å². The van der Waals surface area contributed by atoms with Crippen LogP contribution < -0.4 is 5.32 Å². The third-order valence-corrected chi connectivity index (χ3v) is 3.93. The molecule has 0 spiro atoms. The third-order valence-electron chi connectivity index (χ3n) is 2.94. The first-order chi connectivity index (χ1) is 10.9. The molecule has 2 aromatic rings. The Hall–Kier alpha value is -2.02. The van der Waals surface area contributed by atoms with Crippen LogP contribution >= 0.6 is 11.8 Å². The summed E-state index contributed by atoms with van der Waals surface area (Å²) in [5.41, 5.74) is 0.0127. The first-order valence-electron chi connectivity index (χ1n) is 6.64. The van der Waals surface area contributed by atoms with Crippen LogP contribution in [0.3, 0.4) is 0 Å². The predicted octanol–water partition coefficient (Wildman–Crippen LogP) is 4.72. The molecule has 0 saturated heterocycles. The first-order valence-corrected chi connectivity index (χ1v) is 7.80. The normalized spacial score (nSPS) is 11.3. The second-order valence-electron chi connectivity index (χ2n) is 4.71. The summed E-state index contributed by atoms with van der Waals surface area (Å²) in [5.74, 6) is -0.267. The minimum absolute atomic E-state index is 0.0787. The Bertz CT molecular complexity index is 671. The van der Waals surface area contributed by atoms with Crippen molar-refractivity contribution in [2.45, 2.75) is 11.9 Å². The van der Waals surface area contributed by atoms with Gasteiger partial charge in [0.25, 0.3) is 0 Å². The maximum Gasteiger partial charge on any atom is 0.416 e. The minimum Gasteiger partial charge on any atom is -0.325 e. The summed E-state index contributed by atoms with van der Waals surface area (Å²) in [4.78, 5) is 11.7. The molecule has 7 heteroatoms. The lowest BCUT2D eigenvalue weighted by Crippen LogP contribution is -2.14. The molecular formula is C16H13F4NOS. The number of hydrogen-bond donors (Lipinski definition) is 1. The summed E-state index contributed by atoms with van der Waals surface area (Å²) >= 11 is 1.22. The number of benzene rings is 2. The summed E-state index contributed by atoms with van der Waals surface area (Å²) in [6.45, 7) is 0. The Kier molecular flexibility index (Phi) is 5.65. The Morgan fingerprint density at radius 3 is 2.30 bits per heavy atom. The van der Waals surface area contributed by atoms with Crippen LogP contribution in [0.2, 0.25) is 0 Å². The van der Waals surface area contributed by atoms with Gasteiger partial charge in [0.2, 0.25) is 5.91 Å². The molecule has 0 aliphatic heterocycles. The molecule has 0 radical (unpaired) electrons. The van der Waals surface area contributed by atoms with Crippen LogP contribution in [0.1, 0.15) is 11.1 Å². The number of thioether (sulfide) groups is 1. The molecule has 2 nitrogen and oxygen atoms in total. The van der Waals surface area contributed by atoms with E-state index < -0.39 is 11.7 Å². The summed E-state index contributed by atoms with van der Waals surface area (Å²) < 4.78 is 50.7. The quantitative estimate of drug-likeness (QED) is 0.796. The fourth-order valence-electron chi connectivity index (χ4n) is 1.81. The highest BCUT2D eigenvalue weighted by Crippen LogP contribution is 2.29. The van der Waals surface area contributed by atoms with E-state index in [0.29, 0.717) is 11.3 Å². The number of carbonyl (C=O) groups is 1. The fraction of sp³-hybridized carbons (Fsp3) is 0.188. The zero-order valence-corrected chi connectivity index (χ0v) is 12.7. The molecule has 0 bridgehead atoms. The Labute approximate surface area is 134 Å². The van der Waals surface area contributed by atoms with Gasteiger partial charge >= 0.3 is 6.18 Å². The van der Waals surface area contributed by atoms with Crippen LogP contribution in [-0.4, -0.2) is 11.7 Å². The van der Waals surface area contributed by atoms with Gasteiger partial charge in [-0.3, -0.25) is 4.79 Å². The predicted molar refractivity (Wildman–Crippen MR) is 82.6 cm³/mol. The van der Waals surface area contributed by atoms with Gasteiger partial charge in [-0.25, -0.2) is 4.39 Å². The molecular weight excluding hydrogens is 330 g/mol. The van der Waals surface area contributed by atoms with E-state index >= 15 is 0 Å². The Morgan fingerprint density at radius 2 is 1.70 bits per heavy atom. The molecule has 0 heterocycles. The van der Waals surface area contributed by atoms with Crippen molar-refractivity contribution >= 4 is 23.4 Å². The van der Waals surface area contributed by atoms with Gasteiger partial charge in [-0.1, -0.05) is 18.2 Å². The summed E-state index contributed by atoms with van der Waals surface area (Å²) in [6.07, 6.45) is -4.40. The van der Waals surface area contributed by atoms with E-state index in [0.717, 1.165) is 12.1 Å². The molecule has 1 amide bonds. The third kappa shape index (κ3) is 5.28. The number of halogens is 4. The van der Waals surface area contributed by atoms with Crippen molar-refractivity contribution in [3.63, 3.8) is 0 Å². The van der Waals surface area contributed by atoms with Gasteiger partial charge in [0, 0.05) is 11.4 Å². The maximum atomic E-state index is 13.4. The van der Waals surface area contributed by atoms with E-state index in [9.17, 15) is 22.4 Å². The second-order valence-corrected chi connectivity index (χ2v) is 5.69. The molecule has 122 valence electrons. The lowest BCUT2D eigenvalue weighted by atomic mass is 10.2. The number of anilines is 1. The molecule has 0 aliphatic carbocycles. The van der Waals surface area contributed by atoms with Crippen molar-refractivity contribution in [3.05, 3.63) is 65.5 Å². The number of alkyl halides is 3. The largest absolute Gasteiger partial charge is 0.416 e. The average molecular weight is 343 g/mol. The highest BCUT2D eigenvalue weighted by Gasteiger charge is 2.29. The maximum absolute atomic E-state index is 13.4. The second kappa shape index (κ2) is 7.50. The molecule has 0 aliphatic rings. The number of rotatable bonds is 5. The number of carbonyl (C=O) groups excluding carboxylic acids is 1. The number of amides is 1. The summed E-state index contributed by atoms with van der Waals surface area (Å²) in [7, 11) is 0. The van der Waals surface area contributed by atoms with Crippen molar-refractivity contribution < 1.29 is 22.4 Å². The lowest BCUT2D eigenvalue weighted by Gasteiger charge is -2.09. The number of nitrogens with one attached hydrogen (secondary N) is 1. The van der Waals surface area contributed by atoms with Crippen molar-refractivity contribution in [2.75, 3.05) is 11.1 Å². The fourth-order valence-corrected chi connectivity index (χ4v) is 2.62. The van der Waals surface area contributed by atoms with E-state index in [4.69, 9.17) is 0 Å². The van der Waals surface area contributed by atoms with Gasteiger partial charge in [0.1, 0.15) is 5.82 Å². The molecule has 1 N–H and O–H groups in total. The van der Waals surface area contributed by atoms with Crippen molar-refractivity contribution in [2.24, 2.45) is 0 Å². The van der Waals surface area contributed by atoms with Crippen LogP contribution in [-0.2, 0) is 16.7 Å². The van der Waals surface area contributed by atoms with Crippen LogP contribution in [0.5, 0.6) is 0 Å². The molecule has 2 rings (SSSR count). The van der Waals surface area contributed by atoms with Gasteiger partial charge in [-0.15, -0.1) is 11.8 Å². The van der Waals surface area contributed by atoms with Gasteiger partial charge < -0.3 is 5.32 Å². The van der Waals surface area contributed by atoms with E-state index in [1.807, 2.05) is 0 Å². The van der Waals surface area contributed by atoms with Crippen LogP contribution in [0, 0.1) is 5.82 Å². The van der Waals surface area contributed by atoms with Crippen LogP contribution in [0.25, 0.3) is 0 Å². The summed E-state index contributed by atoms with van der Waals surface area (Å²) in [6, 6.07) is 10.5. The Morgan fingerprint density at radius 1 is 1.04 bits per heavy atom. The molecule has 0 unspecified atom stereocenters. The van der Waals surface area contributed by atoms with Crippen molar-refractivity contribution in [3.8, 4) is 0 Å². The minimum atomic E-state index is -4.40. The smallest absolute Gasteiger partial charge is 0.325 e. The average Bonchev–Trinajstić information content (AvgIpc) is 2.49. The lowest BCUT2D eigenvalue weighted by molar-refractivity contribution is -0.137. The van der Waals surface area contributed by atoms with Gasteiger partial charge in [-0.2, -0.15) is 13.2 Å². The van der Waals surface area contributed by atoms with Crippen LogP contribution in [0.4, 0.5) is 23.2 Å². The zero-order valence-electron chi connectivity index (χ0n) is 11.9. The topological polar surface area (TPSA) is 29.1 Å². The van der Waals surface area contributed by atoms with Crippen molar-refractivity contribution in [1.82, 2.24) is 0 Å². The monoisotopic (exact) mass is 343 g/mol. The van der Waals surface area contributed by atoms with E-state index in [1.165, 1.54) is 30.0 Å². The standard InChI is InChI=1S/C16H13F4NOS/c17-14-4-2-1-3-11(14)9-23-10-15(22)21-13-7-5-12(6-8-13)16(18,19)20/h1-8H,9-10H2,(H,21,22). The van der Waals surface area contributed by atoms with Crippen molar-refractivity contribution in [1.29, 1.82) is 0 Å². The van der Waals surface area contributed by atoms with E-state index in [2.05, 4.69) is 5.32 Å². The molecule has 0 atom stereocenters. The SMILES string of the molecule is O=C(CSCc1ccccc1F)Nc1ccc(C(F)(F)F)cc1. The van der Waals surface area contributed by atoms with E-state index in [-0.39, 0.29) is 23.2 Å².